The minimum Gasteiger partial charge on any atom is -0.444 e. The molecule has 0 radical (unpaired) electrons. The minimum atomic E-state index is -0.500. The summed E-state index contributed by atoms with van der Waals surface area (Å²) in [5, 5.41) is 3.25. The first-order chi connectivity index (χ1) is 16.7. The molecule has 1 aromatic heterocycles. The number of carbonyl (C=O) groups excluding carboxylic acids is 3. The van der Waals surface area contributed by atoms with Crippen LogP contribution in [0.3, 0.4) is 0 Å². The molecule has 1 N–H and O–H groups in total. The van der Waals surface area contributed by atoms with Crippen molar-refractivity contribution in [1.29, 1.82) is 0 Å². The van der Waals surface area contributed by atoms with Crippen molar-refractivity contribution in [2.75, 3.05) is 26.2 Å². The second-order valence-corrected chi connectivity index (χ2v) is 11.4. The monoisotopic (exact) mass is 486 g/mol. The van der Waals surface area contributed by atoms with E-state index in [4.69, 9.17) is 4.74 Å². The van der Waals surface area contributed by atoms with E-state index in [2.05, 4.69) is 9.88 Å². The van der Waals surface area contributed by atoms with Gasteiger partial charge in [-0.25, -0.2) is 4.79 Å². The summed E-state index contributed by atoms with van der Waals surface area (Å²) in [6, 6.07) is 4.19. The lowest BCUT2D eigenvalue weighted by Gasteiger charge is -2.36. The lowest BCUT2D eigenvalue weighted by atomic mass is 9.88. The molecule has 3 fully saturated rings. The van der Waals surface area contributed by atoms with Crippen molar-refractivity contribution in [2.45, 2.75) is 96.2 Å². The van der Waals surface area contributed by atoms with Crippen LogP contribution in [-0.4, -0.2) is 70.1 Å². The smallest absolute Gasteiger partial charge is 0.410 e. The molecule has 1 aromatic rings. The molecule has 3 amide bonds. The summed E-state index contributed by atoms with van der Waals surface area (Å²) >= 11 is 0. The Kier molecular flexibility index (Phi) is 8.07. The maximum Gasteiger partial charge on any atom is 0.410 e. The maximum absolute atomic E-state index is 13.4. The number of aromatic nitrogens is 1. The molecule has 1 saturated carbocycles. The SMILES string of the molecule is CC(C)(C)OC(=O)N1CCC(n2cccc2C(=O)N2CCC(NC(=O)C3CCCCC3)CC2)CC1. The van der Waals surface area contributed by atoms with E-state index in [9.17, 15) is 14.4 Å². The first kappa shape index (κ1) is 25.6. The molecule has 0 bridgehead atoms. The number of hydrogen-bond acceptors (Lipinski definition) is 4. The zero-order valence-electron chi connectivity index (χ0n) is 21.6. The molecule has 8 heteroatoms. The van der Waals surface area contributed by atoms with E-state index in [1.54, 1.807) is 4.90 Å². The molecule has 4 rings (SSSR count). The Morgan fingerprint density at radius 3 is 2.14 bits per heavy atom. The Bertz CT molecular complexity index is 883. The number of ether oxygens (including phenoxy) is 1. The lowest BCUT2D eigenvalue weighted by molar-refractivity contribution is -0.126. The van der Waals surface area contributed by atoms with Gasteiger partial charge in [0.05, 0.1) is 0 Å². The normalized spacial score (nSPS) is 21.1. The van der Waals surface area contributed by atoms with E-state index < -0.39 is 5.60 Å². The van der Waals surface area contributed by atoms with Crippen LogP contribution in [0.15, 0.2) is 18.3 Å². The highest BCUT2D eigenvalue weighted by Crippen LogP contribution is 2.27. The highest BCUT2D eigenvalue weighted by atomic mass is 16.6. The fourth-order valence-electron chi connectivity index (χ4n) is 5.62. The number of likely N-dealkylation sites (tertiary alicyclic amines) is 2. The molecule has 8 nitrogen and oxygen atoms in total. The maximum atomic E-state index is 13.4. The number of amides is 3. The van der Waals surface area contributed by atoms with Crippen molar-refractivity contribution in [2.24, 2.45) is 5.92 Å². The number of nitrogens with zero attached hydrogens (tertiary/aromatic N) is 3. The molecule has 3 heterocycles. The van der Waals surface area contributed by atoms with Crippen LogP contribution >= 0.6 is 0 Å². The Balaban J connectivity index is 1.27. The highest BCUT2D eigenvalue weighted by Gasteiger charge is 2.31. The molecule has 0 aromatic carbocycles. The Hall–Kier alpha value is -2.51. The molecular weight excluding hydrogens is 444 g/mol. The zero-order chi connectivity index (χ0) is 25.0. The van der Waals surface area contributed by atoms with E-state index in [1.165, 1.54) is 6.42 Å². The molecule has 0 unspecified atom stereocenters. The molecule has 194 valence electrons. The third-order valence-electron chi connectivity index (χ3n) is 7.61. The number of carbonyl (C=O) groups is 3. The van der Waals surface area contributed by atoms with Gasteiger partial charge in [0, 0.05) is 50.4 Å². The third kappa shape index (κ3) is 6.58. The van der Waals surface area contributed by atoms with Gasteiger partial charge in [0.1, 0.15) is 11.3 Å². The van der Waals surface area contributed by atoms with Crippen molar-refractivity contribution in [3.63, 3.8) is 0 Å². The molecule has 0 spiro atoms. The standard InChI is InChI=1S/C27H42N4O4/c1-27(2,3)35-26(34)30-18-13-22(14-19-30)31-15-7-10-23(31)25(33)29-16-11-21(12-17-29)28-24(32)20-8-5-4-6-9-20/h7,10,15,20-22H,4-6,8-9,11-14,16-19H2,1-3H3,(H,28,32). The Morgan fingerprint density at radius 1 is 0.886 bits per heavy atom. The van der Waals surface area contributed by atoms with Gasteiger partial charge < -0.3 is 24.4 Å². The van der Waals surface area contributed by atoms with Gasteiger partial charge in [0.15, 0.2) is 0 Å². The van der Waals surface area contributed by atoms with Crippen molar-refractivity contribution in [3.05, 3.63) is 24.0 Å². The van der Waals surface area contributed by atoms with Crippen LogP contribution in [0.2, 0.25) is 0 Å². The quantitative estimate of drug-likeness (QED) is 0.685. The van der Waals surface area contributed by atoms with E-state index in [1.807, 2.05) is 44.0 Å². The predicted octanol–water partition coefficient (Wildman–Crippen LogP) is 4.36. The summed E-state index contributed by atoms with van der Waals surface area (Å²) < 4.78 is 7.59. The first-order valence-electron chi connectivity index (χ1n) is 13.5. The summed E-state index contributed by atoms with van der Waals surface area (Å²) in [4.78, 5) is 42.0. The number of hydrogen-bond donors (Lipinski definition) is 1. The largest absolute Gasteiger partial charge is 0.444 e. The average Bonchev–Trinajstić information content (AvgIpc) is 3.34. The van der Waals surface area contributed by atoms with Crippen LogP contribution in [0.5, 0.6) is 0 Å². The van der Waals surface area contributed by atoms with Crippen LogP contribution in [0, 0.1) is 5.92 Å². The van der Waals surface area contributed by atoms with Crippen molar-refractivity contribution >= 4 is 17.9 Å². The summed E-state index contributed by atoms with van der Waals surface area (Å²) in [5.74, 6) is 0.441. The van der Waals surface area contributed by atoms with Crippen LogP contribution < -0.4 is 5.32 Å². The molecule has 3 aliphatic rings. The van der Waals surface area contributed by atoms with Gasteiger partial charge in [0.25, 0.3) is 5.91 Å². The summed E-state index contributed by atoms with van der Waals surface area (Å²) in [6.07, 6.45) is 10.5. The van der Waals surface area contributed by atoms with E-state index >= 15 is 0 Å². The van der Waals surface area contributed by atoms with Crippen molar-refractivity contribution in [3.8, 4) is 0 Å². The van der Waals surface area contributed by atoms with E-state index in [0.717, 1.165) is 51.4 Å². The van der Waals surface area contributed by atoms with Gasteiger partial charge >= 0.3 is 6.09 Å². The molecule has 2 saturated heterocycles. The fraction of sp³-hybridized carbons (Fsp3) is 0.741. The summed E-state index contributed by atoms with van der Waals surface area (Å²) in [5.41, 5.74) is 0.213. The second-order valence-electron chi connectivity index (χ2n) is 11.4. The average molecular weight is 487 g/mol. The van der Waals surface area contributed by atoms with Gasteiger partial charge in [-0.3, -0.25) is 9.59 Å². The third-order valence-corrected chi connectivity index (χ3v) is 7.61. The number of nitrogens with one attached hydrogen (secondary N) is 1. The minimum absolute atomic E-state index is 0.0571. The molecule has 0 atom stereocenters. The zero-order valence-corrected chi connectivity index (χ0v) is 21.6. The molecular formula is C27H42N4O4. The van der Waals surface area contributed by atoms with Crippen LogP contribution in [0.4, 0.5) is 4.79 Å². The number of piperidine rings is 2. The molecule has 2 aliphatic heterocycles. The van der Waals surface area contributed by atoms with Gasteiger partial charge in [0.2, 0.25) is 5.91 Å². The summed E-state index contributed by atoms with van der Waals surface area (Å²) in [6.45, 7) is 8.21. The van der Waals surface area contributed by atoms with Crippen LogP contribution in [0.1, 0.15) is 95.1 Å². The molecule has 35 heavy (non-hydrogen) atoms. The van der Waals surface area contributed by atoms with E-state index in [0.29, 0.717) is 31.9 Å². The highest BCUT2D eigenvalue weighted by molar-refractivity contribution is 5.93. The van der Waals surface area contributed by atoms with Crippen molar-refractivity contribution < 1.29 is 19.1 Å². The van der Waals surface area contributed by atoms with Gasteiger partial charge in [-0.15, -0.1) is 0 Å². The second kappa shape index (κ2) is 11.0. The van der Waals surface area contributed by atoms with Gasteiger partial charge in [-0.1, -0.05) is 19.3 Å². The Labute approximate surface area is 209 Å². The first-order valence-corrected chi connectivity index (χ1v) is 13.5. The van der Waals surface area contributed by atoms with Crippen LogP contribution in [0.25, 0.3) is 0 Å². The summed E-state index contributed by atoms with van der Waals surface area (Å²) in [7, 11) is 0. The predicted molar refractivity (Wildman–Crippen MR) is 134 cm³/mol. The lowest BCUT2D eigenvalue weighted by Crippen LogP contribution is -2.48. The fourth-order valence-corrected chi connectivity index (χ4v) is 5.62. The van der Waals surface area contributed by atoms with Gasteiger partial charge in [-0.05, 0) is 71.4 Å². The Morgan fingerprint density at radius 2 is 1.51 bits per heavy atom. The molecule has 1 aliphatic carbocycles. The van der Waals surface area contributed by atoms with Crippen molar-refractivity contribution in [1.82, 2.24) is 19.7 Å². The van der Waals surface area contributed by atoms with Crippen LogP contribution in [-0.2, 0) is 9.53 Å². The van der Waals surface area contributed by atoms with E-state index in [-0.39, 0.29) is 35.9 Å². The number of rotatable bonds is 4. The topological polar surface area (TPSA) is 83.9 Å². The van der Waals surface area contributed by atoms with Gasteiger partial charge in [-0.2, -0.15) is 0 Å².